The third kappa shape index (κ3) is 2.08. The molecule has 3 nitrogen and oxygen atoms in total. The Balaban J connectivity index is 2.19. The molecule has 0 radical (unpaired) electrons. The van der Waals surface area contributed by atoms with Gasteiger partial charge in [0.25, 0.3) is 0 Å². The van der Waals surface area contributed by atoms with Gasteiger partial charge >= 0.3 is 0 Å². The van der Waals surface area contributed by atoms with Crippen molar-refractivity contribution >= 4 is 0 Å². The smallest absolute Gasteiger partial charge is 0.0809 e. The fourth-order valence-electron chi connectivity index (χ4n) is 2.02. The zero-order valence-corrected chi connectivity index (χ0v) is 9.70. The van der Waals surface area contributed by atoms with Crippen LogP contribution >= 0.6 is 0 Å². The molecule has 0 bridgehead atoms. The second-order valence-electron chi connectivity index (χ2n) is 4.56. The highest BCUT2D eigenvalue weighted by molar-refractivity contribution is 5.28. The first kappa shape index (κ1) is 11.1. The number of hydrazine groups is 1. The van der Waals surface area contributed by atoms with Gasteiger partial charge < -0.3 is 0 Å². The molecular weight excluding hydrogens is 198 g/mol. The normalized spacial score (nSPS) is 24.6. The Kier molecular flexibility index (Phi) is 3.23. The van der Waals surface area contributed by atoms with E-state index in [-0.39, 0.29) is 12.0 Å². The molecule has 1 aliphatic heterocycles. The van der Waals surface area contributed by atoms with Crippen molar-refractivity contribution in [2.75, 3.05) is 6.54 Å². The summed E-state index contributed by atoms with van der Waals surface area (Å²) >= 11 is 0. The third-order valence-corrected chi connectivity index (χ3v) is 3.11. The summed E-state index contributed by atoms with van der Waals surface area (Å²) in [6.45, 7) is 5.08. The number of nitrogens with one attached hydrogen (secondary N) is 2. The van der Waals surface area contributed by atoms with Crippen LogP contribution in [0.4, 0.5) is 0 Å². The van der Waals surface area contributed by atoms with Crippen LogP contribution in [0.3, 0.4) is 0 Å². The molecule has 1 aliphatic rings. The summed E-state index contributed by atoms with van der Waals surface area (Å²) in [7, 11) is 0. The first-order valence-electron chi connectivity index (χ1n) is 5.70. The van der Waals surface area contributed by atoms with Gasteiger partial charge in [-0.1, -0.05) is 38.1 Å². The molecule has 0 aliphatic carbocycles. The van der Waals surface area contributed by atoms with Gasteiger partial charge in [0, 0.05) is 6.54 Å². The lowest BCUT2D eigenvalue weighted by Crippen LogP contribution is -2.24. The number of nitriles is 1. The van der Waals surface area contributed by atoms with Crippen molar-refractivity contribution in [3.8, 4) is 6.07 Å². The lowest BCUT2D eigenvalue weighted by Gasteiger charge is -2.14. The number of hydrogen-bond acceptors (Lipinski definition) is 3. The molecule has 2 atom stereocenters. The molecule has 0 saturated carbocycles. The standard InChI is InChI=1S/C13H17N3/c1-9(2)10-3-5-11(6-4-10)13-12(7-14)8-15-16-13/h3-6,9,12-13,15-16H,8H2,1-2H3. The van der Waals surface area contributed by atoms with Crippen LogP contribution in [-0.4, -0.2) is 6.54 Å². The molecule has 1 aromatic carbocycles. The second-order valence-corrected chi connectivity index (χ2v) is 4.56. The molecule has 0 aromatic heterocycles. The number of nitrogens with zero attached hydrogens (tertiary/aromatic N) is 1. The van der Waals surface area contributed by atoms with E-state index in [1.54, 1.807) is 0 Å². The van der Waals surface area contributed by atoms with Crippen molar-refractivity contribution in [2.24, 2.45) is 5.92 Å². The maximum Gasteiger partial charge on any atom is 0.0809 e. The fraction of sp³-hybridized carbons (Fsp3) is 0.462. The molecule has 3 heteroatoms. The molecule has 0 amide bonds. The average molecular weight is 215 g/mol. The van der Waals surface area contributed by atoms with Gasteiger partial charge in [0.2, 0.25) is 0 Å². The second kappa shape index (κ2) is 4.65. The van der Waals surface area contributed by atoms with E-state index in [0.29, 0.717) is 12.5 Å². The lowest BCUT2D eigenvalue weighted by atomic mass is 9.94. The van der Waals surface area contributed by atoms with E-state index in [4.69, 9.17) is 5.26 Å². The molecule has 1 aromatic rings. The minimum Gasteiger partial charge on any atom is -0.256 e. The van der Waals surface area contributed by atoms with Gasteiger partial charge in [-0.15, -0.1) is 0 Å². The molecule has 2 rings (SSSR count). The van der Waals surface area contributed by atoms with E-state index in [2.05, 4.69) is 55.0 Å². The summed E-state index contributed by atoms with van der Waals surface area (Å²) in [4.78, 5) is 0. The predicted molar refractivity (Wildman–Crippen MR) is 63.5 cm³/mol. The maximum absolute atomic E-state index is 9.01. The average Bonchev–Trinajstić information content (AvgIpc) is 2.77. The minimum absolute atomic E-state index is 0.0184. The Morgan fingerprint density at radius 1 is 1.31 bits per heavy atom. The largest absolute Gasteiger partial charge is 0.256 e. The minimum atomic E-state index is 0.0184. The molecule has 2 unspecified atom stereocenters. The van der Waals surface area contributed by atoms with Crippen LogP contribution in [0.25, 0.3) is 0 Å². The molecular formula is C13H17N3. The van der Waals surface area contributed by atoms with Crippen LogP contribution in [0, 0.1) is 17.2 Å². The van der Waals surface area contributed by atoms with Crippen LogP contribution in [0.2, 0.25) is 0 Å². The van der Waals surface area contributed by atoms with E-state index in [0.717, 1.165) is 0 Å². The Hall–Kier alpha value is -1.37. The van der Waals surface area contributed by atoms with Gasteiger partial charge in [-0.3, -0.25) is 5.43 Å². The van der Waals surface area contributed by atoms with Crippen molar-refractivity contribution in [1.82, 2.24) is 10.9 Å². The van der Waals surface area contributed by atoms with Crippen molar-refractivity contribution in [2.45, 2.75) is 25.8 Å². The first-order valence-corrected chi connectivity index (χ1v) is 5.70. The third-order valence-electron chi connectivity index (χ3n) is 3.11. The van der Waals surface area contributed by atoms with Gasteiger partial charge in [-0.05, 0) is 17.0 Å². The summed E-state index contributed by atoms with van der Waals surface area (Å²) in [5.41, 5.74) is 8.70. The summed E-state index contributed by atoms with van der Waals surface area (Å²) in [5, 5.41) is 9.01. The fourth-order valence-corrected chi connectivity index (χ4v) is 2.02. The van der Waals surface area contributed by atoms with Crippen LogP contribution in [0.1, 0.15) is 36.9 Å². The van der Waals surface area contributed by atoms with E-state index in [9.17, 15) is 0 Å². The molecule has 2 N–H and O–H groups in total. The van der Waals surface area contributed by atoms with E-state index < -0.39 is 0 Å². The predicted octanol–water partition coefficient (Wildman–Crippen LogP) is 2.10. The van der Waals surface area contributed by atoms with Crippen LogP contribution in [0.15, 0.2) is 24.3 Å². The Bertz CT molecular complexity index is 389. The van der Waals surface area contributed by atoms with E-state index in [1.165, 1.54) is 11.1 Å². The molecule has 16 heavy (non-hydrogen) atoms. The molecule has 84 valence electrons. The zero-order chi connectivity index (χ0) is 11.5. The lowest BCUT2D eigenvalue weighted by molar-refractivity contribution is 0.545. The topological polar surface area (TPSA) is 47.8 Å². The van der Waals surface area contributed by atoms with Gasteiger partial charge in [0.05, 0.1) is 18.0 Å². The summed E-state index contributed by atoms with van der Waals surface area (Å²) in [6.07, 6.45) is 0. The molecule has 1 heterocycles. The highest BCUT2D eigenvalue weighted by Gasteiger charge is 2.27. The van der Waals surface area contributed by atoms with Crippen LogP contribution < -0.4 is 10.9 Å². The Morgan fingerprint density at radius 2 is 2.00 bits per heavy atom. The van der Waals surface area contributed by atoms with E-state index >= 15 is 0 Å². The Labute approximate surface area is 96.4 Å². The van der Waals surface area contributed by atoms with Crippen molar-refractivity contribution in [1.29, 1.82) is 5.26 Å². The zero-order valence-electron chi connectivity index (χ0n) is 9.70. The summed E-state index contributed by atoms with van der Waals surface area (Å²) in [5.74, 6) is 0.570. The van der Waals surface area contributed by atoms with E-state index in [1.807, 2.05) is 0 Å². The molecule has 1 fully saturated rings. The quantitative estimate of drug-likeness (QED) is 0.794. The van der Waals surface area contributed by atoms with Gasteiger partial charge in [0.1, 0.15) is 0 Å². The first-order chi connectivity index (χ1) is 7.72. The number of rotatable bonds is 2. The van der Waals surface area contributed by atoms with Gasteiger partial charge in [-0.25, -0.2) is 5.43 Å². The Morgan fingerprint density at radius 3 is 2.56 bits per heavy atom. The monoisotopic (exact) mass is 215 g/mol. The number of hydrogen-bond donors (Lipinski definition) is 2. The van der Waals surface area contributed by atoms with Crippen molar-refractivity contribution < 1.29 is 0 Å². The highest BCUT2D eigenvalue weighted by atomic mass is 15.4. The highest BCUT2D eigenvalue weighted by Crippen LogP contribution is 2.25. The van der Waals surface area contributed by atoms with Crippen molar-refractivity contribution in [3.63, 3.8) is 0 Å². The maximum atomic E-state index is 9.01. The molecule has 0 spiro atoms. The number of benzene rings is 1. The summed E-state index contributed by atoms with van der Waals surface area (Å²) < 4.78 is 0. The molecule has 1 saturated heterocycles. The van der Waals surface area contributed by atoms with Crippen molar-refractivity contribution in [3.05, 3.63) is 35.4 Å². The van der Waals surface area contributed by atoms with Gasteiger partial charge in [0.15, 0.2) is 0 Å². The van der Waals surface area contributed by atoms with Gasteiger partial charge in [-0.2, -0.15) is 5.26 Å². The SMILES string of the molecule is CC(C)c1ccc(C2NNCC2C#N)cc1. The van der Waals surface area contributed by atoms with Crippen LogP contribution in [0.5, 0.6) is 0 Å². The summed E-state index contributed by atoms with van der Waals surface area (Å²) in [6, 6.07) is 11.0. The van der Waals surface area contributed by atoms with Crippen LogP contribution in [-0.2, 0) is 0 Å².